The van der Waals surface area contributed by atoms with Gasteiger partial charge in [-0.05, 0) is 24.6 Å². The minimum absolute atomic E-state index is 0.160. The van der Waals surface area contributed by atoms with Crippen LogP contribution >= 0.6 is 11.3 Å². The Morgan fingerprint density at radius 2 is 2.38 bits per heavy atom. The van der Waals surface area contributed by atoms with Crippen molar-refractivity contribution in [2.45, 2.75) is 19.9 Å². The maximum Gasteiger partial charge on any atom is 0.433 e. The fourth-order valence-corrected chi connectivity index (χ4v) is 3.88. The lowest BCUT2D eigenvalue weighted by molar-refractivity contribution is -0.402. The second-order valence-electron chi connectivity index (χ2n) is 5.29. The summed E-state index contributed by atoms with van der Waals surface area (Å²) in [6.45, 7) is 4.65. The number of nitrogens with one attached hydrogen (secondary N) is 1. The number of furan rings is 1. The van der Waals surface area contributed by atoms with Gasteiger partial charge in [0, 0.05) is 18.0 Å². The third-order valence-electron chi connectivity index (χ3n) is 3.92. The maximum atomic E-state index is 12.2. The molecule has 1 aliphatic heterocycles. The molecule has 1 amide bonds. The molecular formula is C15H14N4O4S. The van der Waals surface area contributed by atoms with Crippen LogP contribution in [0, 0.1) is 21.4 Å². The lowest BCUT2D eigenvalue weighted by atomic mass is 10.0. The molecule has 3 rings (SSSR count). The number of rotatable bonds is 4. The van der Waals surface area contributed by atoms with Crippen molar-refractivity contribution in [1.29, 1.82) is 5.26 Å². The Morgan fingerprint density at radius 3 is 3.00 bits per heavy atom. The molecule has 124 valence electrons. The molecule has 0 saturated heterocycles. The number of thiophene rings is 1. The molecule has 1 N–H and O–H groups in total. The van der Waals surface area contributed by atoms with E-state index in [4.69, 9.17) is 4.42 Å². The number of nitriles is 1. The first kappa shape index (κ1) is 16.2. The monoisotopic (exact) mass is 346 g/mol. The third-order valence-corrected chi connectivity index (χ3v) is 5.05. The average molecular weight is 346 g/mol. The Bertz CT molecular complexity index is 848. The second-order valence-corrected chi connectivity index (χ2v) is 6.39. The van der Waals surface area contributed by atoms with E-state index < -0.39 is 16.7 Å². The Morgan fingerprint density at radius 1 is 1.58 bits per heavy atom. The molecular weight excluding hydrogens is 332 g/mol. The number of likely N-dealkylation sites (N-methyl/N-ethyl adjacent to an activating group) is 1. The smallest absolute Gasteiger partial charge is 0.395 e. The van der Waals surface area contributed by atoms with Crippen molar-refractivity contribution in [3.8, 4) is 6.07 Å². The first-order chi connectivity index (χ1) is 11.5. The first-order valence-corrected chi connectivity index (χ1v) is 8.17. The standard InChI is InChI=1S/C15H14N4O4S/c1-2-18-6-5-9-10(7-16)15(24-12(9)8-18)17-14(20)11-3-4-13(23-11)19(21)22/h3-4H,2,5-6,8H2,1H3,(H,17,20). The van der Waals surface area contributed by atoms with Gasteiger partial charge in [0.15, 0.2) is 5.76 Å². The van der Waals surface area contributed by atoms with Crippen LogP contribution in [0.1, 0.15) is 33.5 Å². The van der Waals surface area contributed by atoms with Gasteiger partial charge in [-0.15, -0.1) is 11.3 Å². The highest BCUT2D eigenvalue weighted by Crippen LogP contribution is 2.36. The first-order valence-electron chi connectivity index (χ1n) is 7.36. The summed E-state index contributed by atoms with van der Waals surface area (Å²) < 4.78 is 4.89. The van der Waals surface area contributed by atoms with Crippen molar-refractivity contribution < 1.29 is 14.1 Å². The average Bonchev–Trinajstić information content (AvgIpc) is 3.18. The molecule has 0 aromatic carbocycles. The topological polar surface area (TPSA) is 112 Å². The van der Waals surface area contributed by atoms with Gasteiger partial charge in [0.1, 0.15) is 16.0 Å². The van der Waals surface area contributed by atoms with Crippen LogP contribution in [-0.4, -0.2) is 28.8 Å². The predicted octanol–water partition coefficient (Wildman–Crippen LogP) is 2.75. The highest BCUT2D eigenvalue weighted by atomic mass is 32.1. The van der Waals surface area contributed by atoms with E-state index in [1.165, 1.54) is 17.4 Å². The zero-order valence-corrected chi connectivity index (χ0v) is 13.7. The summed E-state index contributed by atoms with van der Waals surface area (Å²) in [7, 11) is 0. The summed E-state index contributed by atoms with van der Waals surface area (Å²) >= 11 is 1.37. The molecule has 2 aromatic heterocycles. The summed E-state index contributed by atoms with van der Waals surface area (Å²) in [5.74, 6) is -1.26. The highest BCUT2D eigenvalue weighted by Gasteiger charge is 2.26. The zero-order valence-electron chi connectivity index (χ0n) is 12.9. The summed E-state index contributed by atoms with van der Waals surface area (Å²) in [5, 5.41) is 23.2. The van der Waals surface area contributed by atoms with Crippen LogP contribution in [0.25, 0.3) is 0 Å². The molecule has 3 heterocycles. The summed E-state index contributed by atoms with van der Waals surface area (Å²) in [5.41, 5.74) is 1.45. The lowest BCUT2D eigenvalue weighted by Gasteiger charge is -2.24. The Balaban J connectivity index is 1.85. The fraction of sp³-hybridized carbons (Fsp3) is 0.333. The van der Waals surface area contributed by atoms with Gasteiger partial charge in [-0.1, -0.05) is 6.92 Å². The third kappa shape index (κ3) is 2.89. The molecule has 24 heavy (non-hydrogen) atoms. The number of hydrogen-bond acceptors (Lipinski definition) is 7. The normalized spacial score (nSPS) is 14.0. The molecule has 0 bridgehead atoms. The van der Waals surface area contributed by atoms with E-state index in [9.17, 15) is 20.2 Å². The number of carbonyl (C=O) groups excluding carboxylic acids is 1. The van der Waals surface area contributed by atoms with E-state index >= 15 is 0 Å². The van der Waals surface area contributed by atoms with Gasteiger partial charge in [0.05, 0.1) is 11.6 Å². The molecule has 2 aromatic rings. The number of nitro groups is 1. The van der Waals surface area contributed by atoms with Crippen LogP contribution in [0.3, 0.4) is 0 Å². The maximum absolute atomic E-state index is 12.2. The van der Waals surface area contributed by atoms with E-state index in [0.29, 0.717) is 10.6 Å². The summed E-state index contributed by atoms with van der Waals surface area (Å²) in [4.78, 5) is 25.5. The van der Waals surface area contributed by atoms with Crippen molar-refractivity contribution in [2.75, 3.05) is 18.4 Å². The van der Waals surface area contributed by atoms with Crippen LogP contribution < -0.4 is 5.32 Å². The highest BCUT2D eigenvalue weighted by molar-refractivity contribution is 7.16. The van der Waals surface area contributed by atoms with Crippen LogP contribution in [0.4, 0.5) is 10.9 Å². The molecule has 0 unspecified atom stereocenters. The van der Waals surface area contributed by atoms with E-state index in [1.54, 1.807) is 0 Å². The zero-order chi connectivity index (χ0) is 17.3. The molecule has 8 nitrogen and oxygen atoms in total. The molecule has 1 aliphatic rings. The van der Waals surface area contributed by atoms with Crippen molar-refractivity contribution in [1.82, 2.24) is 4.90 Å². The number of fused-ring (bicyclic) bond motifs is 1. The molecule has 0 aliphatic carbocycles. The SMILES string of the molecule is CCN1CCc2c(sc(NC(=O)c3ccc([N+](=O)[O-])o3)c2C#N)C1. The molecule has 0 radical (unpaired) electrons. The molecule has 0 atom stereocenters. The minimum Gasteiger partial charge on any atom is -0.395 e. The van der Waals surface area contributed by atoms with E-state index in [-0.39, 0.29) is 5.76 Å². The largest absolute Gasteiger partial charge is 0.433 e. The van der Waals surface area contributed by atoms with Crippen LogP contribution in [-0.2, 0) is 13.0 Å². The van der Waals surface area contributed by atoms with Gasteiger partial charge in [0.25, 0.3) is 5.91 Å². The summed E-state index contributed by atoms with van der Waals surface area (Å²) in [6.07, 6.45) is 0.769. The summed E-state index contributed by atoms with van der Waals surface area (Å²) in [6, 6.07) is 4.52. The number of hydrogen-bond donors (Lipinski definition) is 1. The van der Waals surface area contributed by atoms with Gasteiger partial charge in [-0.3, -0.25) is 19.8 Å². The van der Waals surface area contributed by atoms with Gasteiger partial charge >= 0.3 is 5.88 Å². The number of amides is 1. The number of anilines is 1. The van der Waals surface area contributed by atoms with Gasteiger partial charge in [0.2, 0.25) is 0 Å². The molecule has 0 saturated carbocycles. The Labute approximate surface area is 141 Å². The van der Waals surface area contributed by atoms with E-state index in [0.717, 1.165) is 42.6 Å². The Hall–Kier alpha value is -2.70. The molecule has 0 spiro atoms. The molecule has 9 heteroatoms. The lowest BCUT2D eigenvalue weighted by Crippen LogP contribution is -2.29. The van der Waals surface area contributed by atoms with E-state index in [2.05, 4.69) is 23.2 Å². The Kier molecular flexibility index (Phi) is 4.33. The minimum atomic E-state index is -0.708. The van der Waals surface area contributed by atoms with Crippen LogP contribution in [0.15, 0.2) is 16.5 Å². The number of nitrogens with zero attached hydrogens (tertiary/aromatic N) is 3. The van der Waals surface area contributed by atoms with Crippen molar-refractivity contribution in [3.05, 3.63) is 44.0 Å². The van der Waals surface area contributed by atoms with Gasteiger partial charge < -0.3 is 9.73 Å². The van der Waals surface area contributed by atoms with Crippen molar-refractivity contribution in [2.24, 2.45) is 0 Å². The van der Waals surface area contributed by atoms with Crippen molar-refractivity contribution >= 4 is 28.1 Å². The fourth-order valence-electron chi connectivity index (χ4n) is 2.65. The van der Waals surface area contributed by atoms with Gasteiger partial charge in [-0.25, -0.2) is 0 Å². The molecule has 0 fully saturated rings. The van der Waals surface area contributed by atoms with E-state index in [1.807, 2.05) is 0 Å². The predicted molar refractivity (Wildman–Crippen MR) is 87.0 cm³/mol. The number of carbonyl (C=O) groups is 1. The second kappa shape index (κ2) is 6.43. The van der Waals surface area contributed by atoms with Crippen LogP contribution in [0.5, 0.6) is 0 Å². The van der Waals surface area contributed by atoms with Gasteiger partial charge in [-0.2, -0.15) is 5.26 Å². The quantitative estimate of drug-likeness (QED) is 0.673. The van der Waals surface area contributed by atoms with Crippen LogP contribution in [0.2, 0.25) is 0 Å². The van der Waals surface area contributed by atoms with Crippen molar-refractivity contribution in [3.63, 3.8) is 0 Å².